The molecule has 0 bridgehead atoms. The Morgan fingerprint density at radius 1 is 1.06 bits per heavy atom. The van der Waals surface area contributed by atoms with Gasteiger partial charge in [0.05, 0.1) is 6.54 Å². The fourth-order valence-electron chi connectivity index (χ4n) is 3.62. The van der Waals surface area contributed by atoms with Crippen molar-refractivity contribution in [2.24, 2.45) is 0 Å². The first-order valence-corrected chi connectivity index (χ1v) is 10.2. The summed E-state index contributed by atoms with van der Waals surface area (Å²) in [5.74, 6) is 1.16. The van der Waals surface area contributed by atoms with Gasteiger partial charge in [0.1, 0.15) is 11.8 Å². The molecule has 1 saturated heterocycles. The van der Waals surface area contributed by atoms with Crippen LogP contribution in [0.15, 0.2) is 65.2 Å². The lowest BCUT2D eigenvalue weighted by Crippen LogP contribution is -2.41. The fourth-order valence-corrected chi connectivity index (χ4v) is 3.62. The van der Waals surface area contributed by atoms with Gasteiger partial charge in [-0.2, -0.15) is 4.98 Å². The molecule has 8 heteroatoms. The van der Waals surface area contributed by atoms with Crippen LogP contribution in [0.5, 0.6) is 5.75 Å². The zero-order valence-electron chi connectivity index (χ0n) is 17.3. The van der Waals surface area contributed by atoms with Crippen LogP contribution in [-0.2, 0) is 4.79 Å². The van der Waals surface area contributed by atoms with Gasteiger partial charge in [-0.3, -0.25) is 9.59 Å². The topological polar surface area (TPSA) is 88.8 Å². The summed E-state index contributed by atoms with van der Waals surface area (Å²) in [6.45, 7) is 2.90. The van der Waals surface area contributed by atoms with Crippen LogP contribution in [0.1, 0.15) is 34.5 Å². The molecule has 0 aliphatic carbocycles. The van der Waals surface area contributed by atoms with Crippen molar-refractivity contribution in [3.05, 3.63) is 77.9 Å². The van der Waals surface area contributed by atoms with Gasteiger partial charge in [0, 0.05) is 18.7 Å². The quantitative estimate of drug-likeness (QED) is 0.631. The van der Waals surface area contributed by atoms with E-state index in [4.69, 9.17) is 9.26 Å². The van der Waals surface area contributed by atoms with Crippen LogP contribution < -0.4 is 4.74 Å². The largest absolute Gasteiger partial charge is 0.484 e. The molecule has 1 aliphatic rings. The predicted octanol–water partition coefficient (Wildman–Crippen LogP) is 2.87. The average Bonchev–Trinajstić information content (AvgIpc) is 3.12. The number of nitrogens with zero attached hydrogens (tertiary/aromatic N) is 4. The predicted molar refractivity (Wildman–Crippen MR) is 112 cm³/mol. The molecule has 31 heavy (non-hydrogen) atoms. The smallest absolute Gasteiger partial charge is 0.260 e. The molecule has 1 atom stereocenters. The molecule has 2 heterocycles. The van der Waals surface area contributed by atoms with Crippen molar-refractivity contribution in [3.8, 4) is 5.75 Å². The maximum atomic E-state index is 13.2. The molecule has 2 amide bonds. The maximum absolute atomic E-state index is 13.2. The first kappa shape index (κ1) is 20.6. The first-order valence-electron chi connectivity index (χ1n) is 10.2. The molecule has 3 aromatic rings. The van der Waals surface area contributed by atoms with Gasteiger partial charge in [0.25, 0.3) is 17.7 Å². The molecule has 8 nitrogen and oxygen atoms in total. The standard InChI is InChI=1S/C23H24N4O4/c1-17-24-22(31-25-17)20-15-26(21(28)16-30-19-11-6-3-7-12-19)13-8-14-27(20)23(29)18-9-4-2-5-10-18/h2-7,9-12,20H,8,13-16H2,1H3. The molecule has 1 aliphatic heterocycles. The summed E-state index contributed by atoms with van der Waals surface area (Å²) in [7, 11) is 0. The number of carbonyl (C=O) groups is 2. The van der Waals surface area contributed by atoms with Crippen molar-refractivity contribution in [3.63, 3.8) is 0 Å². The molecule has 1 unspecified atom stereocenters. The zero-order chi connectivity index (χ0) is 21.6. The number of hydrogen-bond acceptors (Lipinski definition) is 6. The molecule has 2 aromatic carbocycles. The number of benzene rings is 2. The van der Waals surface area contributed by atoms with E-state index in [9.17, 15) is 9.59 Å². The number of amides is 2. The van der Waals surface area contributed by atoms with Crippen molar-refractivity contribution in [2.75, 3.05) is 26.2 Å². The Labute approximate surface area is 180 Å². The van der Waals surface area contributed by atoms with Crippen molar-refractivity contribution < 1.29 is 18.8 Å². The minimum atomic E-state index is -0.530. The molecular formula is C23H24N4O4. The van der Waals surface area contributed by atoms with Gasteiger partial charge in [0.15, 0.2) is 12.4 Å². The van der Waals surface area contributed by atoms with Gasteiger partial charge in [-0.15, -0.1) is 0 Å². The van der Waals surface area contributed by atoms with Crippen LogP contribution in [0, 0.1) is 6.92 Å². The molecule has 4 rings (SSSR count). The third-order valence-corrected chi connectivity index (χ3v) is 5.16. The highest BCUT2D eigenvalue weighted by Crippen LogP contribution is 2.26. The van der Waals surface area contributed by atoms with E-state index in [0.29, 0.717) is 42.5 Å². The number of aromatic nitrogens is 2. The highest BCUT2D eigenvalue weighted by atomic mass is 16.5. The third-order valence-electron chi connectivity index (χ3n) is 5.16. The summed E-state index contributed by atoms with van der Waals surface area (Å²) in [5.41, 5.74) is 0.580. The fraction of sp³-hybridized carbons (Fsp3) is 0.304. The Bertz CT molecular complexity index is 1020. The van der Waals surface area contributed by atoms with Gasteiger partial charge in [0.2, 0.25) is 0 Å². The van der Waals surface area contributed by atoms with Crippen LogP contribution in [-0.4, -0.2) is 58.0 Å². The van der Waals surface area contributed by atoms with E-state index in [2.05, 4.69) is 10.1 Å². The minimum Gasteiger partial charge on any atom is -0.484 e. The van der Waals surface area contributed by atoms with Crippen molar-refractivity contribution in [1.29, 1.82) is 0 Å². The number of para-hydroxylation sites is 1. The number of ether oxygens (including phenoxy) is 1. The zero-order valence-corrected chi connectivity index (χ0v) is 17.3. The summed E-state index contributed by atoms with van der Waals surface area (Å²) in [6.07, 6.45) is 0.638. The van der Waals surface area contributed by atoms with Gasteiger partial charge in [-0.25, -0.2) is 0 Å². The van der Waals surface area contributed by atoms with E-state index in [1.165, 1.54) is 0 Å². The van der Waals surface area contributed by atoms with Crippen LogP contribution in [0.3, 0.4) is 0 Å². The third kappa shape index (κ3) is 4.91. The monoisotopic (exact) mass is 420 g/mol. The van der Waals surface area contributed by atoms with Crippen LogP contribution >= 0.6 is 0 Å². The lowest BCUT2D eigenvalue weighted by atomic mass is 10.1. The molecular weight excluding hydrogens is 396 g/mol. The lowest BCUT2D eigenvalue weighted by molar-refractivity contribution is -0.133. The Kier molecular flexibility index (Phi) is 6.26. The second-order valence-corrected chi connectivity index (χ2v) is 7.36. The van der Waals surface area contributed by atoms with Gasteiger partial charge in [-0.1, -0.05) is 41.6 Å². The number of aryl methyl sites for hydroxylation is 1. The summed E-state index contributed by atoms with van der Waals surface area (Å²) in [4.78, 5) is 33.9. The molecule has 0 saturated carbocycles. The van der Waals surface area contributed by atoms with Crippen LogP contribution in [0.4, 0.5) is 0 Å². The molecule has 0 spiro atoms. The Hall–Kier alpha value is -3.68. The molecule has 1 fully saturated rings. The first-order chi connectivity index (χ1) is 15.1. The van der Waals surface area contributed by atoms with Crippen LogP contribution in [0.2, 0.25) is 0 Å². The summed E-state index contributed by atoms with van der Waals surface area (Å²) >= 11 is 0. The van der Waals surface area contributed by atoms with Crippen molar-refractivity contribution in [1.82, 2.24) is 19.9 Å². The Morgan fingerprint density at radius 3 is 2.45 bits per heavy atom. The Balaban J connectivity index is 1.53. The summed E-state index contributed by atoms with van der Waals surface area (Å²) in [6, 6.07) is 17.8. The van der Waals surface area contributed by atoms with E-state index in [1.807, 2.05) is 36.4 Å². The lowest BCUT2D eigenvalue weighted by Gasteiger charge is -2.29. The van der Waals surface area contributed by atoms with E-state index in [-0.39, 0.29) is 25.0 Å². The molecule has 160 valence electrons. The Morgan fingerprint density at radius 2 is 1.77 bits per heavy atom. The summed E-state index contributed by atoms with van der Waals surface area (Å²) < 4.78 is 11.0. The summed E-state index contributed by atoms with van der Waals surface area (Å²) in [5, 5.41) is 3.88. The number of rotatable bonds is 5. The number of hydrogen-bond donors (Lipinski definition) is 0. The van der Waals surface area contributed by atoms with E-state index in [0.717, 1.165) is 0 Å². The SMILES string of the molecule is Cc1noc(C2CN(C(=O)COc3ccccc3)CCCN2C(=O)c2ccccc2)n1. The van der Waals surface area contributed by atoms with Gasteiger partial charge >= 0.3 is 0 Å². The van der Waals surface area contributed by atoms with E-state index in [1.54, 1.807) is 41.0 Å². The molecule has 1 aromatic heterocycles. The highest BCUT2D eigenvalue weighted by Gasteiger charge is 2.35. The van der Waals surface area contributed by atoms with E-state index >= 15 is 0 Å². The van der Waals surface area contributed by atoms with Gasteiger partial charge in [-0.05, 0) is 37.6 Å². The second-order valence-electron chi connectivity index (χ2n) is 7.36. The van der Waals surface area contributed by atoms with Crippen LogP contribution in [0.25, 0.3) is 0 Å². The highest BCUT2D eigenvalue weighted by molar-refractivity contribution is 5.94. The molecule has 0 radical (unpaired) electrons. The average molecular weight is 420 g/mol. The van der Waals surface area contributed by atoms with E-state index < -0.39 is 6.04 Å². The van der Waals surface area contributed by atoms with Gasteiger partial charge < -0.3 is 19.1 Å². The van der Waals surface area contributed by atoms with Crippen molar-refractivity contribution >= 4 is 11.8 Å². The maximum Gasteiger partial charge on any atom is 0.260 e. The normalized spacial score (nSPS) is 16.6. The van der Waals surface area contributed by atoms with Crippen molar-refractivity contribution in [2.45, 2.75) is 19.4 Å². The second kappa shape index (κ2) is 9.42. The minimum absolute atomic E-state index is 0.0772. The number of carbonyl (C=O) groups excluding carboxylic acids is 2. The molecule has 0 N–H and O–H groups in total.